The van der Waals surface area contributed by atoms with Crippen molar-refractivity contribution in [3.8, 4) is 11.1 Å². The Kier molecular flexibility index (Phi) is 9.14. The predicted octanol–water partition coefficient (Wildman–Crippen LogP) is 6.51. The zero-order valence-electron chi connectivity index (χ0n) is 19.0. The molecule has 0 saturated carbocycles. The summed E-state index contributed by atoms with van der Waals surface area (Å²) in [6, 6.07) is 16.8. The maximum absolute atomic E-state index is 12.6. The Bertz CT molecular complexity index is 849. The van der Waals surface area contributed by atoms with Gasteiger partial charge >= 0.3 is 12.1 Å². The molecule has 0 fully saturated rings. The monoisotopic (exact) mass is 437 g/mol. The van der Waals surface area contributed by atoms with E-state index in [1.807, 2.05) is 24.3 Å². The van der Waals surface area contributed by atoms with Crippen molar-refractivity contribution in [1.29, 1.82) is 0 Å². The third kappa shape index (κ3) is 6.59. The van der Waals surface area contributed by atoms with Gasteiger partial charge in [-0.25, -0.2) is 4.79 Å². The zero-order valence-corrected chi connectivity index (χ0v) is 19.0. The van der Waals surface area contributed by atoms with Crippen LogP contribution in [-0.4, -0.2) is 29.8 Å². The van der Waals surface area contributed by atoms with Crippen molar-refractivity contribution in [1.82, 2.24) is 5.32 Å². The van der Waals surface area contributed by atoms with Crippen LogP contribution in [0.25, 0.3) is 11.1 Å². The molecule has 0 bridgehead atoms. The van der Waals surface area contributed by atoms with E-state index in [9.17, 15) is 9.59 Å². The van der Waals surface area contributed by atoms with Gasteiger partial charge in [0.1, 0.15) is 6.61 Å². The number of carboxylic acids is 1. The molecule has 1 aliphatic rings. The minimum atomic E-state index is -0.722. The highest BCUT2D eigenvalue weighted by Gasteiger charge is 2.29. The fourth-order valence-corrected chi connectivity index (χ4v) is 4.64. The number of benzene rings is 2. The molecule has 0 spiro atoms. The van der Waals surface area contributed by atoms with Gasteiger partial charge in [-0.15, -0.1) is 0 Å². The standard InChI is InChI=1S/C27H35NO4/c1-2-12-20(13-6-4-3-5-7-18-26(29)30)28-27(31)32-19-25-23-16-10-8-14-21(23)22-15-9-11-17-24(22)25/h8-11,14-17,20,25H,2-7,12-13,18-19H2,1H3,(H,28,31)(H,29,30). The smallest absolute Gasteiger partial charge is 0.407 e. The number of carbonyl (C=O) groups excluding carboxylic acids is 1. The van der Waals surface area contributed by atoms with Gasteiger partial charge in [-0.2, -0.15) is 0 Å². The Hall–Kier alpha value is -2.82. The number of amides is 1. The van der Waals surface area contributed by atoms with Crippen molar-refractivity contribution in [2.45, 2.75) is 76.7 Å². The first-order valence-corrected chi connectivity index (χ1v) is 11.9. The Morgan fingerprint density at radius 3 is 2.12 bits per heavy atom. The lowest BCUT2D eigenvalue weighted by molar-refractivity contribution is -0.137. The fourth-order valence-electron chi connectivity index (χ4n) is 4.64. The van der Waals surface area contributed by atoms with Gasteiger partial charge in [0, 0.05) is 18.4 Å². The lowest BCUT2D eigenvalue weighted by atomic mass is 9.98. The number of ether oxygens (including phenoxy) is 1. The second kappa shape index (κ2) is 12.3. The minimum Gasteiger partial charge on any atom is -0.481 e. The molecule has 172 valence electrons. The second-order valence-electron chi connectivity index (χ2n) is 8.66. The summed E-state index contributed by atoms with van der Waals surface area (Å²) in [5, 5.41) is 11.8. The quantitative estimate of drug-likeness (QED) is 0.350. The van der Waals surface area contributed by atoms with Crippen LogP contribution in [0.3, 0.4) is 0 Å². The summed E-state index contributed by atoms with van der Waals surface area (Å²) in [5.41, 5.74) is 4.89. The summed E-state index contributed by atoms with van der Waals surface area (Å²) < 4.78 is 5.69. The number of hydrogen-bond acceptors (Lipinski definition) is 3. The summed E-state index contributed by atoms with van der Waals surface area (Å²) in [5.74, 6) is -0.649. The molecule has 0 aromatic heterocycles. The molecule has 0 saturated heterocycles. The van der Waals surface area contributed by atoms with Crippen LogP contribution in [0.2, 0.25) is 0 Å². The maximum atomic E-state index is 12.6. The molecule has 0 heterocycles. The van der Waals surface area contributed by atoms with Crippen molar-refractivity contribution < 1.29 is 19.4 Å². The lowest BCUT2D eigenvalue weighted by Crippen LogP contribution is -2.35. The van der Waals surface area contributed by atoms with E-state index in [2.05, 4.69) is 36.5 Å². The van der Waals surface area contributed by atoms with E-state index in [0.717, 1.165) is 51.4 Å². The molecular formula is C27H35NO4. The molecule has 5 heteroatoms. The molecule has 0 radical (unpaired) electrons. The molecule has 2 N–H and O–H groups in total. The number of hydrogen-bond donors (Lipinski definition) is 2. The summed E-state index contributed by atoms with van der Waals surface area (Å²) in [7, 11) is 0. The van der Waals surface area contributed by atoms with Gasteiger partial charge in [0.25, 0.3) is 0 Å². The third-order valence-electron chi connectivity index (χ3n) is 6.25. The van der Waals surface area contributed by atoms with E-state index in [-0.39, 0.29) is 24.5 Å². The van der Waals surface area contributed by atoms with Gasteiger partial charge in [-0.3, -0.25) is 4.79 Å². The summed E-state index contributed by atoms with van der Waals surface area (Å²) in [4.78, 5) is 23.1. The summed E-state index contributed by atoms with van der Waals surface area (Å²) >= 11 is 0. The number of rotatable bonds is 13. The number of carboxylic acid groups (broad SMARTS) is 1. The first-order valence-electron chi connectivity index (χ1n) is 11.9. The zero-order chi connectivity index (χ0) is 22.8. The van der Waals surface area contributed by atoms with Gasteiger partial charge in [-0.1, -0.05) is 87.6 Å². The van der Waals surface area contributed by atoms with Crippen LogP contribution in [0.1, 0.15) is 81.8 Å². The Morgan fingerprint density at radius 1 is 0.906 bits per heavy atom. The number of unbranched alkanes of at least 4 members (excludes halogenated alkanes) is 4. The number of nitrogens with one attached hydrogen (secondary N) is 1. The Labute approximate surface area is 191 Å². The number of carbonyl (C=O) groups is 2. The number of fused-ring (bicyclic) bond motifs is 3. The third-order valence-corrected chi connectivity index (χ3v) is 6.25. The van der Waals surface area contributed by atoms with E-state index in [1.165, 1.54) is 22.3 Å². The van der Waals surface area contributed by atoms with E-state index in [4.69, 9.17) is 9.84 Å². The van der Waals surface area contributed by atoms with E-state index < -0.39 is 5.97 Å². The highest BCUT2D eigenvalue weighted by molar-refractivity contribution is 5.79. The van der Waals surface area contributed by atoms with Crippen molar-refractivity contribution in [2.75, 3.05) is 6.61 Å². The number of aliphatic carboxylic acids is 1. The summed E-state index contributed by atoms with van der Waals surface area (Å²) in [6.07, 6.45) is 7.60. The highest BCUT2D eigenvalue weighted by Crippen LogP contribution is 2.44. The van der Waals surface area contributed by atoms with Crippen LogP contribution in [-0.2, 0) is 9.53 Å². The Balaban J connectivity index is 1.45. The lowest BCUT2D eigenvalue weighted by Gasteiger charge is -2.19. The molecule has 2 aromatic carbocycles. The molecule has 1 amide bonds. The van der Waals surface area contributed by atoms with Gasteiger partial charge in [-0.05, 0) is 41.5 Å². The average Bonchev–Trinajstić information content (AvgIpc) is 3.11. The molecule has 3 rings (SSSR count). The second-order valence-corrected chi connectivity index (χ2v) is 8.66. The molecule has 2 aromatic rings. The largest absolute Gasteiger partial charge is 0.481 e. The van der Waals surface area contributed by atoms with Crippen LogP contribution in [0, 0.1) is 0 Å². The Morgan fingerprint density at radius 2 is 1.50 bits per heavy atom. The van der Waals surface area contributed by atoms with Crippen molar-refractivity contribution in [3.05, 3.63) is 59.7 Å². The molecule has 0 aliphatic heterocycles. The van der Waals surface area contributed by atoms with Gasteiger partial charge in [0.05, 0.1) is 0 Å². The molecule has 32 heavy (non-hydrogen) atoms. The summed E-state index contributed by atoms with van der Waals surface area (Å²) in [6.45, 7) is 2.46. The van der Waals surface area contributed by atoms with Crippen molar-refractivity contribution in [2.24, 2.45) is 0 Å². The van der Waals surface area contributed by atoms with E-state index >= 15 is 0 Å². The van der Waals surface area contributed by atoms with Crippen molar-refractivity contribution in [3.63, 3.8) is 0 Å². The first kappa shape index (κ1) is 23.8. The van der Waals surface area contributed by atoms with Gasteiger partial charge in [0.2, 0.25) is 0 Å². The van der Waals surface area contributed by atoms with Gasteiger partial charge in [0.15, 0.2) is 0 Å². The predicted molar refractivity (Wildman–Crippen MR) is 127 cm³/mol. The molecule has 1 unspecified atom stereocenters. The van der Waals surface area contributed by atoms with Crippen LogP contribution in [0.15, 0.2) is 48.5 Å². The van der Waals surface area contributed by atoms with Crippen molar-refractivity contribution >= 4 is 12.1 Å². The fraction of sp³-hybridized carbons (Fsp3) is 0.481. The number of alkyl carbamates (subject to hydrolysis) is 1. The minimum absolute atomic E-state index is 0.0728. The topological polar surface area (TPSA) is 75.6 Å². The van der Waals surface area contributed by atoms with Crippen LogP contribution >= 0.6 is 0 Å². The molecular weight excluding hydrogens is 402 g/mol. The average molecular weight is 438 g/mol. The van der Waals surface area contributed by atoms with Crippen LogP contribution < -0.4 is 5.32 Å². The van der Waals surface area contributed by atoms with E-state index in [0.29, 0.717) is 6.61 Å². The van der Waals surface area contributed by atoms with Crippen LogP contribution in [0.4, 0.5) is 4.79 Å². The van der Waals surface area contributed by atoms with E-state index in [1.54, 1.807) is 0 Å². The normalized spacial score (nSPS) is 13.3. The molecule has 5 nitrogen and oxygen atoms in total. The maximum Gasteiger partial charge on any atom is 0.407 e. The highest BCUT2D eigenvalue weighted by atomic mass is 16.5. The molecule has 1 atom stereocenters. The SMILES string of the molecule is CCCC(CCCCCCCC(=O)O)NC(=O)OCC1c2ccccc2-c2ccccc21. The first-order chi connectivity index (χ1) is 15.6. The van der Waals surface area contributed by atoms with Gasteiger partial charge < -0.3 is 15.2 Å². The molecule has 1 aliphatic carbocycles. The van der Waals surface area contributed by atoms with Crippen LogP contribution in [0.5, 0.6) is 0 Å².